The number of aromatic amines is 1. The number of nitrogens with zero attached hydrogens (tertiary/aromatic N) is 4. The molecule has 148 valence electrons. The molecule has 8 heteroatoms. The first-order valence-electron chi connectivity index (χ1n) is 9.42. The molecule has 0 amide bonds. The van der Waals surface area contributed by atoms with Crippen LogP contribution in [0.15, 0.2) is 65.4 Å². The summed E-state index contributed by atoms with van der Waals surface area (Å²) >= 11 is 0. The summed E-state index contributed by atoms with van der Waals surface area (Å²) in [5.74, 6) is 3.33. The zero-order chi connectivity index (χ0) is 20.5. The Labute approximate surface area is 172 Å². The molecule has 3 aromatic heterocycles. The Morgan fingerprint density at radius 2 is 1.70 bits per heavy atom. The number of aryl methyl sites for hydroxylation is 2. The van der Waals surface area contributed by atoms with E-state index in [9.17, 15) is 0 Å². The third-order valence-electron chi connectivity index (χ3n) is 4.64. The molecule has 0 aliphatic rings. The van der Waals surface area contributed by atoms with Crippen molar-refractivity contribution in [3.8, 4) is 22.9 Å². The fourth-order valence-corrected chi connectivity index (χ4v) is 3.21. The highest BCUT2D eigenvalue weighted by molar-refractivity contribution is 5.87. The molecule has 30 heavy (non-hydrogen) atoms. The molecule has 0 radical (unpaired) electrons. The standard InChI is InChI=1S/C22H18N6O2/c1-13-18(14(2)30-28-13)20-26-21-19(23-12-24-21)22(27-20)25-15-8-10-17(11-9-15)29-16-6-4-3-5-7-16/h3-12H,1-2H3,(H2,23,24,25,26,27). The van der Waals surface area contributed by atoms with Crippen molar-refractivity contribution in [2.75, 3.05) is 5.32 Å². The first-order valence-corrected chi connectivity index (χ1v) is 9.42. The lowest BCUT2D eigenvalue weighted by atomic mass is 10.2. The number of H-pyrrole nitrogens is 1. The Kier molecular flexibility index (Phi) is 4.36. The summed E-state index contributed by atoms with van der Waals surface area (Å²) in [6.45, 7) is 3.70. The lowest BCUT2D eigenvalue weighted by Gasteiger charge is -2.10. The topological polar surface area (TPSA) is 102 Å². The van der Waals surface area contributed by atoms with E-state index in [1.165, 1.54) is 0 Å². The van der Waals surface area contributed by atoms with Crippen LogP contribution in [0.4, 0.5) is 11.5 Å². The largest absolute Gasteiger partial charge is 0.457 e. The van der Waals surface area contributed by atoms with Gasteiger partial charge in [-0.05, 0) is 50.2 Å². The van der Waals surface area contributed by atoms with Crippen LogP contribution in [0.25, 0.3) is 22.6 Å². The van der Waals surface area contributed by atoms with Gasteiger partial charge in [0.2, 0.25) is 0 Å². The molecule has 5 aromatic rings. The van der Waals surface area contributed by atoms with Gasteiger partial charge in [-0.15, -0.1) is 0 Å². The molecule has 3 heterocycles. The maximum atomic E-state index is 5.85. The van der Waals surface area contributed by atoms with Crippen LogP contribution in [0.3, 0.4) is 0 Å². The van der Waals surface area contributed by atoms with Crippen LogP contribution >= 0.6 is 0 Å². The van der Waals surface area contributed by atoms with Gasteiger partial charge in [-0.1, -0.05) is 23.4 Å². The Bertz CT molecular complexity index is 1290. The lowest BCUT2D eigenvalue weighted by Crippen LogP contribution is -2.00. The minimum absolute atomic E-state index is 0.511. The van der Waals surface area contributed by atoms with Crippen LogP contribution in [-0.2, 0) is 0 Å². The Balaban J connectivity index is 1.46. The van der Waals surface area contributed by atoms with E-state index in [0.29, 0.717) is 23.0 Å². The van der Waals surface area contributed by atoms with Gasteiger partial charge < -0.3 is 19.6 Å². The fraction of sp³-hybridized carbons (Fsp3) is 0.0909. The number of para-hydroxylation sites is 1. The zero-order valence-electron chi connectivity index (χ0n) is 16.4. The minimum atomic E-state index is 0.511. The monoisotopic (exact) mass is 398 g/mol. The van der Waals surface area contributed by atoms with Crippen molar-refractivity contribution in [3.63, 3.8) is 0 Å². The Morgan fingerprint density at radius 1 is 0.933 bits per heavy atom. The number of fused-ring (bicyclic) bond motifs is 1. The van der Waals surface area contributed by atoms with Crippen molar-refractivity contribution in [2.45, 2.75) is 13.8 Å². The van der Waals surface area contributed by atoms with Gasteiger partial charge in [0.15, 0.2) is 17.3 Å². The molecule has 0 bridgehead atoms. The summed E-state index contributed by atoms with van der Waals surface area (Å²) in [6, 6.07) is 17.3. The summed E-state index contributed by atoms with van der Waals surface area (Å²) in [7, 11) is 0. The van der Waals surface area contributed by atoms with Crippen molar-refractivity contribution < 1.29 is 9.26 Å². The summed E-state index contributed by atoms with van der Waals surface area (Å²) in [5, 5.41) is 7.34. The van der Waals surface area contributed by atoms with E-state index in [4.69, 9.17) is 14.2 Å². The van der Waals surface area contributed by atoms with Crippen LogP contribution in [0.2, 0.25) is 0 Å². The van der Waals surface area contributed by atoms with Gasteiger partial charge in [-0.3, -0.25) is 0 Å². The van der Waals surface area contributed by atoms with Crippen LogP contribution in [-0.4, -0.2) is 25.1 Å². The number of rotatable bonds is 5. The fourth-order valence-electron chi connectivity index (χ4n) is 3.21. The summed E-state index contributed by atoms with van der Waals surface area (Å²) in [5.41, 5.74) is 3.64. The average Bonchev–Trinajstić information content (AvgIpc) is 3.36. The number of hydrogen-bond acceptors (Lipinski definition) is 7. The molecular weight excluding hydrogens is 380 g/mol. The van der Waals surface area contributed by atoms with Crippen LogP contribution < -0.4 is 10.1 Å². The van der Waals surface area contributed by atoms with E-state index in [1.54, 1.807) is 6.33 Å². The van der Waals surface area contributed by atoms with E-state index in [-0.39, 0.29) is 0 Å². The van der Waals surface area contributed by atoms with Crippen LogP contribution in [0, 0.1) is 13.8 Å². The molecule has 0 aliphatic heterocycles. The molecule has 2 aromatic carbocycles. The number of hydrogen-bond donors (Lipinski definition) is 2. The highest BCUT2D eigenvalue weighted by Crippen LogP contribution is 2.30. The molecule has 0 spiro atoms. The third-order valence-corrected chi connectivity index (χ3v) is 4.64. The minimum Gasteiger partial charge on any atom is -0.457 e. The number of anilines is 2. The van der Waals surface area contributed by atoms with Gasteiger partial charge in [-0.25, -0.2) is 15.0 Å². The van der Waals surface area contributed by atoms with Gasteiger partial charge in [0, 0.05) is 5.69 Å². The van der Waals surface area contributed by atoms with Crippen molar-refractivity contribution in [2.24, 2.45) is 0 Å². The molecule has 0 unspecified atom stereocenters. The van der Waals surface area contributed by atoms with Crippen molar-refractivity contribution in [1.29, 1.82) is 0 Å². The van der Waals surface area contributed by atoms with Crippen molar-refractivity contribution >= 4 is 22.7 Å². The van der Waals surface area contributed by atoms with Crippen LogP contribution in [0.5, 0.6) is 11.5 Å². The van der Waals surface area contributed by atoms with E-state index in [0.717, 1.165) is 34.0 Å². The maximum absolute atomic E-state index is 5.85. The average molecular weight is 398 g/mol. The first kappa shape index (κ1) is 17.9. The number of nitrogens with one attached hydrogen (secondary N) is 2. The predicted molar refractivity (Wildman–Crippen MR) is 113 cm³/mol. The predicted octanol–water partition coefficient (Wildman–Crippen LogP) is 5.16. The van der Waals surface area contributed by atoms with Gasteiger partial charge in [0.1, 0.15) is 22.8 Å². The Hall–Kier alpha value is -4.20. The highest BCUT2D eigenvalue weighted by Gasteiger charge is 2.18. The quantitative estimate of drug-likeness (QED) is 0.421. The first-order chi connectivity index (χ1) is 14.7. The summed E-state index contributed by atoms with van der Waals surface area (Å²) in [4.78, 5) is 16.6. The highest BCUT2D eigenvalue weighted by atomic mass is 16.5. The SMILES string of the molecule is Cc1noc(C)c1-c1nc(Nc2ccc(Oc3ccccc3)cc2)c2[nH]cnc2n1. The Morgan fingerprint density at radius 3 is 2.43 bits per heavy atom. The van der Waals surface area contributed by atoms with Crippen molar-refractivity contribution in [1.82, 2.24) is 25.1 Å². The second-order valence-corrected chi connectivity index (χ2v) is 6.76. The number of imidazole rings is 1. The van der Waals surface area contributed by atoms with E-state index in [2.05, 4.69) is 25.4 Å². The number of ether oxygens (including phenoxy) is 1. The number of benzene rings is 2. The summed E-state index contributed by atoms with van der Waals surface area (Å²) in [6.07, 6.45) is 1.60. The second kappa shape index (κ2) is 7.32. The number of aromatic nitrogens is 5. The van der Waals surface area contributed by atoms with Gasteiger partial charge in [0.25, 0.3) is 0 Å². The summed E-state index contributed by atoms with van der Waals surface area (Å²) < 4.78 is 11.1. The molecule has 5 rings (SSSR count). The lowest BCUT2D eigenvalue weighted by molar-refractivity contribution is 0.393. The normalized spacial score (nSPS) is 11.0. The molecule has 8 nitrogen and oxygen atoms in total. The van der Waals surface area contributed by atoms with Crippen molar-refractivity contribution in [3.05, 3.63) is 72.4 Å². The molecule has 2 N–H and O–H groups in total. The van der Waals surface area contributed by atoms with E-state index in [1.807, 2.05) is 68.4 Å². The van der Waals surface area contributed by atoms with E-state index >= 15 is 0 Å². The van der Waals surface area contributed by atoms with Gasteiger partial charge in [0.05, 0.1) is 17.6 Å². The second-order valence-electron chi connectivity index (χ2n) is 6.76. The molecule has 0 saturated carbocycles. The maximum Gasteiger partial charge on any atom is 0.183 e. The van der Waals surface area contributed by atoms with Gasteiger partial charge in [-0.2, -0.15) is 0 Å². The molecule has 0 saturated heterocycles. The van der Waals surface area contributed by atoms with Crippen LogP contribution in [0.1, 0.15) is 11.5 Å². The van der Waals surface area contributed by atoms with E-state index < -0.39 is 0 Å². The smallest absolute Gasteiger partial charge is 0.183 e. The molecule has 0 atom stereocenters. The molecular formula is C22H18N6O2. The molecule has 0 fully saturated rings. The third kappa shape index (κ3) is 3.35. The van der Waals surface area contributed by atoms with Gasteiger partial charge >= 0.3 is 0 Å². The molecule has 0 aliphatic carbocycles. The zero-order valence-corrected chi connectivity index (χ0v) is 16.4.